The van der Waals surface area contributed by atoms with Crippen LogP contribution in [0, 0.1) is 68.0 Å². The molecule has 0 spiro atoms. The van der Waals surface area contributed by atoms with Gasteiger partial charge in [0, 0.05) is 72.9 Å². The van der Waals surface area contributed by atoms with E-state index in [4.69, 9.17) is 19.9 Å². The quantitative estimate of drug-likeness (QED) is 0.141. The van der Waals surface area contributed by atoms with Crippen LogP contribution in [0.15, 0.2) is 207 Å². The predicted molar refractivity (Wildman–Crippen MR) is 307 cm³/mol. The Morgan fingerprint density at radius 1 is 0.312 bits per heavy atom. The number of fused-ring (bicyclic) bond motifs is 6. The van der Waals surface area contributed by atoms with Crippen molar-refractivity contribution in [1.82, 2.24) is 29.1 Å². The summed E-state index contributed by atoms with van der Waals surface area (Å²) in [5, 5.41) is 64.5. The summed E-state index contributed by atoms with van der Waals surface area (Å²) in [6.07, 6.45) is 3.64. The first-order valence-corrected chi connectivity index (χ1v) is 25.2. The third kappa shape index (κ3) is 7.80. The molecule has 0 saturated heterocycles. The molecule has 0 amide bonds. The Labute approximate surface area is 457 Å². The maximum absolute atomic E-state index is 10.4. The van der Waals surface area contributed by atoms with Gasteiger partial charge in [-0.15, -0.1) is 0 Å². The smallest absolute Gasteiger partial charge is 0.164 e. The molecule has 12 heteroatoms. The van der Waals surface area contributed by atoms with E-state index < -0.39 is 0 Å². The van der Waals surface area contributed by atoms with E-state index in [-0.39, 0.29) is 33.4 Å². The van der Waals surface area contributed by atoms with E-state index in [2.05, 4.69) is 81.9 Å². The molecule has 0 atom stereocenters. The average molecular weight is 1020 g/mol. The number of rotatable bonds is 8. The van der Waals surface area contributed by atoms with Crippen molar-refractivity contribution in [1.29, 1.82) is 31.6 Å². The molecule has 0 bridgehead atoms. The van der Waals surface area contributed by atoms with Gasteiger partial charge in [-0.2, -0.15) is 31.6 Å². The van der Waals surface area contributed by atoms with Crippen LogP contribution >= 0.6 is 0 Å². The van der Waals surface area contributed by atoms with Crippen molar-refractivity contribution >= 4 is 43.6 Å². The Morgan fingerprint density at radius 3 is 1.19 bits per heavy atom. The maximum Gasteiger partial charge on any atom is 0.164 e. The van der Waals surface area contributed by atoms with Crippen molar-refractivity contribution in [2.75, 3.05) is 0 Å². The lowest BCUT2D eigenvalue weighted by atomic mass is 9.92. The summed E-state index contributed by atoms with van der Waals surface area (Å²) in [6.45, 7) is 0. The van der Waals surface area contributed by atoms with Crippen LogP contribution in [0.5, 0.6) is 0 Å². The van der Waals surface area contributed by atoms with Crippen molar-refractivity contribution in [3.05, 3.63) is 240 Å². The first-order chi connectivity index (χ1) is 39.4. The Kier molecular flexibility index (Phi) is 11.5. The van der Waals surface area contributed by atoms with Gasteiger partial charge in [0.1, 0.15) is 0 Å². The fraction of sp³-hybridized carbons (Fsp3) is 0. The lowest BCUT2D eigenvalue weighted by molar-refractivity contribution is 1.07. The molecular weight excluding hydrogens is 985 g/mol. The summed E-state index contributed by atoms with van der Waals surface area (Å²) in [5.74, 6) is 1.47. The number of benzene rings is 9. The van der Waals surface area contributed by atoms with E-state index in [9.17, 15) is 31.6 Å². The zero-order valence-corrected chi connectivity index (χ0v) is 42.0. The molecule has 0 fully saturated rings. The molecular formula is C68H34N12. The summed E-state index contributed by atoms with van der Waals surface area (Å²) in [7, 11) is 0. The van der Waals surface area contributed by atoms with Crippen LogP contribution in [0.3, 0.4) is 0 Å². The maximum atomic E-state index is 10.4. The number of pyridine rings is 1. The van der Waals surface area contributed by atoms with Crippen molar-refractivity contribution < 1.29 is 0 Å². The normalized spacial score (nSPS) is 10.9. The first-order valence-electron chi connectivity index (χ1n) is 25.2. The van der Waals surface area contributed by atoms with Crippen molar-refractivity contribution in [2.24, 2.45) is 0 Å². The molecule has 9 aromatic carbocycles. The Hall–Kier alpha value is -12.3. The highest BCUT2D eigenvalue weighted by Gasteiger charge is 2.25. The van der Waals surface area contributed by atoms with Gasteiger partial charge in [0.2, 0.25) is 0 Å². The molecule has 366 valence electrons. The van der Waals surface area contributed by atoms with Crippen molar-refractivity contribution in [2.45, 2.75) is 0 Å². The largest absolute Gasteiger partial charge is 0.309 e. The van der Waals surface area contributed by atoms with Gasteiger partial charge in [0.15, 0.2) is 17.5 Å². The van der Waals surface area contributed by atoms with E-state index in [0.717, 1.165) is 77.2 Å². The minimum Gasteiger partial charge on any atom is -0.309 e. The molecule has 0 aliphatic rings. The second kappa shape index (κ2) is 19.4. The van der Waals surface area contributed by atoms with Gasteiger partial charge in [-0.05, 0) is 83.9 Å². The number of hydrogen-bond acceptors (Lipinski definition) is 10. The third-order valence-corrected chi connectivity index (χ3v) is 14.5. The summed E-state index contributed by atoms with van der Waals surface area (Å²) >= 11 is 0. The van der Waals surface area contributed by atoms with Gasteiger partial charge in [-0.1, -0.05) is 121 Å². The van der Waals surface area contributed by atoms with Crippen LogP contribution in [-0.2, 0) is 0 Å². The van der Waals surface area contributed by atoms with E-state index >= 15 is 0 Å². The molecule has 0 aliphatic carbocycles. The molecule has 80 heavy (non-hydrogen) atoms. The second-order valence-electron chi connectivity index (χ2n) is 18.9. The van der Waals surface area contributed by atoms with Gasteiger partial charge in [0.05, 0.1) is 103 Å². The van der Waals surface area contributed by atoms with E-state index in [1.807, 2.05) is 140 Å². The van der Waals surface area contributed by atoms with Crippen LogP contribution in [0.2, 0.25) is 0 Å². The minimum absolute atomic E-state index is 0.222. The van der Waals surface area contributed by atoms with E-state index in [0.29, 0.717) is 45.3 Å². The van der Waals surface area contributed by atoms with E-state index in [1.54, 1.807) is 6.20 Å². The summed E-state index contributed by atoms with van der Waals surface area (Å²) < 4.78 is 4.42. The van der Waals surface area contributed by atoms with Gasteiger partial charge >= 0.3 is 0 Å². The standard InChI is InChI=1S/C68H34N12/c69-34-41-27-48(36-71)64(49(28-41)37-72)45-20-23-60-55(31-45)52-15-7-9-17-58(52)79(60)62-25-26-75-40-57(62)54-22-19-47(68-77-66(43-11-3-1-4-12-43)76-67(78-68)44-13-5-2-6-14-44)33-63(54)80-59-18-10-8-16-53(59)56-32-46(21-24-61(56)80)65-50(38-73)29-42(35-70)30-51(65)39-74/h1-33,40H. The zero-order chi connectivity index (χ0) is 54.4. The summed E-state index contributed by atoms with van der Waals surface area (Å²) in [4.78, 5) is 20.1. The highest BCUT2D eigenvalue weighted by Crippen LogP contribution is 2.44. The van der Waals surface area contributed by atoms with Gasteiger partial charge in [-0.25, -0.2) is 15.0 Å². The van der Waals surface area contributed by atoms with Crippen molar-refractivity contribution in [3.63, 3.8) is 0 Å². The number of hydrogen-bond donors (Lipinski definition) is 0. The minimum atomic E-state index is 0.222. The Balaban J connectivity index is 1.08. The molecule has 13 aromatic rings. The molecule has 0 radical (unpaired) electrons. The lowest BCUT2D eigenvalue weighted by Gasteiger charge is -2.19. The van der Waals surface area contributed by atoms with Gasteiger partial charge in [0.25, 0.3) is 0 Å². The SMILES string of the molecule is N#Cc1cc(C#N)c(-c2ccc3c(c2)c2ccccc2n3-c2ccncc2-c2ccc(-c3nc(-c4ccccc4)nc(-c4ccccc4)n3)cc2-n2c3ccccc3c3cc(-c4c(C#N)cc(C#N)cc4C#N)ccc32)c(C#N)c1. The fourth-order valence-corrected chi connectivity index (χ4v) is 11.0. The number of aromatic nitrogens is 6. The Bertz CT molecular complexity index is 4900. The first kappa shape index (κ1) is 47.4. The fourth-order valence-electron chi connectivity index (χ4n) is 11.0. The lowest BCUT2D eigenvalue weighted by Crippen LogP contribution is -2.04. The number of para-hydroxylation sites is 2. The molecule has 13 rings (SSSR count). The highest BCUT2D eigenvalue weighted by atomic mass is 15.0. The number of nitrogens with zero attached hydrogens (tertiary/aromatic N) is 12. The Morgan fingerprint density at radius 2 is 0.725 bits per heavy atom. The van der Waals surface area contributed by atoms with Crippen LogP contribution < -0.4 is 0 Å². The van der Waals surface area contributed by atoms with Crippen molar-refractivity contribution in [3.8, 4) is 115 Å². The van der Waals surface area contributed by atoms with Crippen LogP contribution in [0.4, 0.5) is 0 Å². The monoisotopic (exact) mass is 1020 g/mol. The van der Waals surface area contributed by atoms with E-state index in [1.165, 1.54) is 24.3 Å². The molecule has 4 heterocycles. The molecule has 0 unspecified atom stereocenters. The highest BCUT2D eigenvalue weighted by molar-refractivity contribution is 6.13. The topological polar surface area (TPSA) is 204 Å². The predicted octanol–water partition coefficient (Wildman–Crippen LogP) is 14.7. The molecule has 0 aliphatic heterocycles. The summed E-state index contributed by atoms with van der Waals surface area (Å²) in [6, 6.07) is 75.0. The summed E-state index contributed by atoms with van der Waals surface area (Å²) in [5.41, 5.74) is 12.6. The zero-order valence-electron chi connectivity index (χ0n) is 42.0. The van der Waals surface area contributed by atoms with Crippen LogP contribution in [0.25, 0.3) is 123 Å². The van der Waals surface area contributed by atoms with Gasteiger partial charge < -0.3 is 9.13 Å². The number of nitriles is 6. The van der Waals surface area contributed by atoms with Crippen LogP contribution in [-0.4, -0.2) is 29.1 Å². The molecule has 0 saturated carbocycles. The van der Waals surface area contributed by atoms with Gasteiger partial charge in [-0.3, -0.25) is 4.98 Å². The third-order valence-electron chi connectivity index (χ3n) is 14.5. The molecule has 12 nitrogen and oxygen atoms in total. The second-order valence-corrected chi connectivity index (χ2v) is 18.9. The average Bonchev–Trinajstić information content (AvgIpc) is 4.20. The van der Waals surface area contributed by atoms with Crippen LogP contribution in [0.1, 0.15) is 33.4 Å². The molecule has 0 N–H and O–H groups in total. The molecule has 4 aromatic heterocycles.